The van der Waals surface area contributed by atoms with Crippen LogP contribution in [0.3, 0.4) is 0 Å². The number of rotatable bonds is 4. The fourth-order valence-corrected chi connectivity index (χ4v) is 2.91. The second-order valence-electron chi connectivity index (χ2n) is 6.04. The van der Waals surface area contributed by atoms with Crippen LogP contribution in [0.5, 0.6) is 0 Å². The van der Waals surface area contributed by atoms with Gasteiger partial charge in [0.1, 0.15) is 5.82 Å². The Labute approximate surface area is 126 Å². The molecule has 0 amide bonds. The van der Waals surface area contributed by atoms with Gasteiger partial charge in [-0.2, -0.15) is 0 Å². The van der Waals surface area contributed by atoms with E-state index in [1.807, 2.05) is 6.20 Å². The van der Waals surface area contributed by atoms with Crippen LogP contribution in [0.15, 0.2) is 42.7 Å². The number of benzene rings is 1. The van der Waals surface area contributed by atoms with E-state index >= 15 is 0 Å². The van der Waals surface area contributed by atoms with Crippen molar-refractivity contribution in [2.45, 2.75) is 39.0 Å². The Morgan fingerprint density at radius 2 is 2.00 bits per heavy atom. The van der Waals surface area contributed by atoms with Crippen LogP contribution < -0.4 is 5.32 Å². The number of hydrogen-bond acceptors (Lipinski definition) is 3. The zero-order valence-corrected chi connectivity index (χ0v) is 12.9. The Kier molecular flexibility index (Phi) is 4.36. The van der Waals surface area contributed by atoms with Crippen LogP contribution >= 0.6 is 0 Å². The topological polar surface area (TPSA) is 33.1 Å². The Balaban J connectivity index is 1.70. The first-order valence-electron chi connectivity index (χ1n) is 7.74. The highest BCUT2D eigenvalue weighted by atomic mass is 15.2. The number of nitrogens with zero attached hydrogens (tertiary/aromatic N) is 3. The maximum Gasteiger partial charge on any atom is 0.123 e. The molecule has 0 spiro atoms. The van der Waals surface area contributed by atoms with Crippen molar-refractivity contribution in [3.05, 3.63) is 54.1 Å². The zero-order valence-electron chi connectivity index (χ0n) is 12.9. The van der Waals surface area contributed by atoms with Gasteiger partial charge in [-0.15, -0.1) is 0 Å². The van der Waals surface area contributed by atoms with Gasteiger partial charge in [-0.1, -0.05) is 30.3 Å². The predicted molar refractivity (Wildman–Crippen MR) is 85.1 cm³/mol. The van der Waals surface area contributed by atoms with Crippen molar-refractivity contribution in [3.8, 4) is 0 Å². The molecule has 1 saturated heterocycles. The van der Waals surface area contributed by atoms with Gasteiger partial charge in [-0.3, -0.25) is 4.90 Å². The summed E-state index contributed by atoms with van der Waals surface area (Å²) in [7, 11) is 0. The highest BCUT2D eigenvalue weighted by molar-refractivity contribution is 5.15. The summed E-state index contributed by atoms with van der Waals surface area (Å²) in [6.07, 6.45) is 3.99. The van der Waals surface area contributed by atoms with Crippen molar-refractivity contribution in [1.29, 1.82) is 0 Å². The fourth-order valence-electron chi connectivity index (χ4n) is 2.91. The molecule has 1 N–H and O–H groups in total. The minimum atomic E-state index is 0.554. The molecule has 2 heterocycles. The van der Waals surface area contributed by atoms with Crippen LogP contribution in [0, 0.1) is 0 Å². The highest BCUT2D eigenvalue weighted by Gasteiger charge is 2.23. The van der Waals surface area contributed by atoms with Crippen LogP contribution in [0.25, 0.3) is 0 Å². The minimum absolute atomic E-state index is 0.554. The average molecular weight is 284 g/mol. The molecule has 4 nitrogen and oxygen atoms in total. The van der Waals surface area contributed by atoms with Crippen LogP contribution in [-0.2, 0) is 13.1 Å². The lowest BCUT2D eigenvalue weighted by molar-refractivity contribution is 0.134. The summed E-state index contributed by atoms with van der Waals surface area (Å²) in [5, 5.41) is 3.53. The summed E-state index contributed by atoms with van der Waals surface area (Å²) in [6.45, 7) is 8.48. The molecule has 2 unspecified atom stereocenters. The predicted octanol–water partition coefficient (Wildman–Crippen LogP) is 2.11. The summed E-state index contributed by atoms with van der Waals surface area (Å²) < 4.78 is 2.26. The van der Waals surface area contributed by atoms with E-state index in [1.165, 1.54) is 5.56 Å². The fraction of sp³-hybridized carbons (Fsp3) is 0.471. The van der Waals surface area contributed by atoms with Gasteiger partial charge >= 0.3 is 0 Å². The van der Waals surface area contributed by atoms with Gasteiger partial charge in [-0.05, 0) is 19.4 Å². The monoisotopic (exact) mass is 284 g/mol. The highest BCUT2D eigenvalue weighted by Crippen LogP contribution is 2.13. The smallest absolute Gasteiger partial charge is 0.123 e. The summed E-state index contributed by atoms with van der Waals surface area (Å²) in [5.74, 6) is 1.15. The minimum Gasteiger partial charge on any atom is -0.329 e. The van der Waals surface area contributed by atoms with Gasteiger partial charge < -0.3 is 9.88 Å². The van der Waals surface area contributed by atoms with E-state index < -0.39 is 0 Å². The normalized spacial score (nSPS) is 23.3. The van der Waals surface area contributed by atoms with Gasteiger partial charge in [0.25, 0.3) is 0 Å². The zero-order chi connectivity index (χ0) is 14.7. The molecule has 1 aliphatic rings. The lowest BCUT2D eigenvalue weighted by Gasteiger charge is -2.37. The largest absolute Gasteiger partial charge is 0.329 e. The van der Waals surface area contributed by atoms with Crippen molar-refractivity contribution in [2.24, 2.45) is 0 Å². The van der Waals surface area contributed by atoms with E-state index in [9.17, 15) is 0 Å². The number of hydrogen-bond donors (Lipinski definition) is 1. The third kappa shape index (κ3) is 3.52. The second kappa shape index (κ2) is 6.41. The van der Waals surface area contributed by atoms with E-state index in [1.54, 1.807) is 0 Å². The van der Waals surface area contributed by atoms with Crippen LogP contribution in [0.4, 0.5) is 0 Å². The number of piperazine rings is 1. The molecule has 4 heteroatoms. The van der Waals surface area contributed by atoms with Crippen LogP contribution in [-0.4, -0.2) is 39.6 Å². The van der Waals surface area contributed by atoms with Crippen molar-refractivity contribution in [2.75, 3.05) is 13.1 Å². The Bertz CT molecular complexity index is 563. The molecule has 21 heavy (non-hydrogen) atoms. The standard InChI is InChI=1S/C17H24N4/c1-14-11-21(15(2)10-19-14)13-17-18-8-9-20(17)12-16-6-4-3-5-7-16/h3-9,14-15,19H,10-13H2,1-2H3. The molecule has 3 rings (SSSR count). The van der Waals surface area contributed by atoms with Gasteiger partial charge in [0.05, 0.1) is 6.54 Å². The lowest BCUT2D eigenvalue weighted by Crippen LogP contribution is -2.53. The van der Waals surface area contributed by atoms with Crippen LogP contribution in [0.1, 0.15) is 25.2 Å². The molecule has 1 aliphatic heterocycles. The molecule has 1 aromatic carbocycles. The molecular weight excluding hydrogens is 260 g/mol. The maximum absolute atomic E-state index is 4.57. The summed E-state index contributed by atoms with van der Waals surface area (Å²) in [4.78, 5) is 7.09. The van der Waals surface area contributed by atoms with E-state index in [-0.39, 0.29) is 0 Å². The summed E-state index contributed by atoms with van der Waals surface area (Å²) in [5.41, 5.74) is 1.32. The first kappa shape index (κ1) is 14.3. The quantitative estimate of drug-likeness (QED) is 0.933. The van der Waals surface area contributed by atoms with Crippen LogP contribution in [0.2, 0.25) is 0 Å². The number of nitrogens with one attached hydrogen (secondary N) is 1. The number of imidazole rings is 1. The number of aromatic nitrogens is 2. The first-order valence-corrected chi connectivity index (χ1v) is 7.74. The Morgan fingerprint density at radius 1 is 1.19 bits per heavy atom. The van der Waals surface area contributed by atoms with Crippen molar-refractivity contribution in [3.63, 3.8) is 0 Å². The summed E-state index contributed by atoms with van der Waals surface area (Å²) >= 11 is 0. The molecule has 2 atom stereocenters. The molecule has 0 bridgehead atoms. The molecule has 112 valence electrons. The van der Waals surface area contributed by atoms with E-state index in [0.717, 1.165) is 32.0 Å². The van der Waals surface area contributed by atoms with Crippen molar-refractivity contribution < 1.29 is 0 Å². The third-order valence-corrected chi connectivity index (χ3v) is 4.24. The van der Waals surface area contributed by atoms with Gasteiger partial charge in [-0.25, -0.2) is 4.98 Å². The maximum atomic E-state index is 4.57. The van der Waals surface area contributed by atoms with Crippen molar-refractivity contribution >= 4 is 0 Å². The third-order valence-electron chi connectivity index (χ3n) is 4.24. The molecule has 1 aromatic heterocycles. The molecule has 2 aromatic rings. The van der Waals surface area contributed by atoms with Gasteiger partial charge in [0.2, 0.25) is 0 Å². The van der Waals surface area contributed by atoms with E-state index in [4.69, 9.17) is 0 Å². The summed E-state index contributed by atoms with van der Waals surface area (Å²) in [6, 6.07) is 11.7. The Hall–Kier alpha value is -1.65. The van der Waals surface area contributed by atoms with Gasteiger partial charge in [0, 0.05) is 44.1 Å². The first-order chi connectivity index (χ1) is 10.2. The lowest BCUT2D eigenvalue weighted by atomic mass is 10.1. The Morgan fingerprint density at radius 3 is 2.81 bits per heavy atom. The SMILES string of the molecule is CC1CN(Cc2nccn2Cc2ccccc2)C(C)CN1. The van der Waals surface area contributed by atoms with E-state index in [2.05, 4.69) is 70.1 Å². The molecule has 1 fully saturated rings. The molecule has 0 saturated carbocycles. The molecule has 0 radical (unpaired) electrons. The van der Waals surface area contributed by atoms with E-state index in [0.29, 0.717) is 12.1 Å². The average Bonchev–Trinajstić information content (AvgIpc) is 2.91. The second-order valence-corrected chi connectivity index (χ2v) is 6.04. The molecular formula is C17H24N4. The van der Waals surface area contributed by atoms with Gasteiger partial charge in [0.15, 0.2) is 0 Å². The van der Waals surface area contributed by atoms with Crippen molar-refractivity contribution in [1.82, 2.24) is 19.8 Å². The molecule has 0 aliphatic carbocycles.